The van der Waals surface area contributed by atoms with Crippen molar-refractivity contribution in [1.82, 2.24) is 4.90 Å². The molecule has 0 unspecified atom stereocenters. The van der Waals surface area contributed by atoms with Crippen LogP contribution in [0.5, 0.6) is 0 Å². The van der Waals surface area contributed by atoms with E-state index in [0.29, 0.717) is 6.86 Å². The van der Waals surface area contributed by atoms with Crippen LogP contribution in [-0.4, -0.2) is 43.4 Å². The topological polar surface area (TPSA) is 3.24 Å². The summed E-state index contributed by atoms with van der Waals surface area (Å²) in [5.41, 5.74) is 0. The summed E-state index contributed by atoms with van der Waals surface area (Å²) in [6.07, 6.45) is 2.89. The molecule has 17 heavy (non-hydrogen) atoms. The molecule has 1 nitrogen and oxygen atoms in total. The molecule has 0 aromatic carbocycles. The second kappa shape index (κ2) is 5.40. The molecule has 1 saturated heterocycles. The third-order valence-electron chi connectivity index (χ3n) is 5.16. The Morgan fingerprint density at radius 3 is 1.41 bits per heavy atom. The van der Waals surface area contributed by atoms with Crippen molar-refractivity contribution >= 4 is 18.4 Å². The SMILES string of the molecule is CN1CC[CH2][Sn]([C](C)(C)C)([C](C)(C)C)[CH2]CC1. The molecule has 0 N–H and O–H groups in total. The molecule has 1 heterocycles. The van der Waals surface area contributed by atoms with E-state index in [1.165, 1.54) is 25.9 Å². The fourth-order valence-corrected chi connectivity index (χ4v) is 24.2. The predicted octanol–water partition coefficient (Wildman–Crippen LogP) is 4.76. The first-order valence-corrected chi connectivity index (χ1v) is 14.2. The van der Waals surface area contributed by atoms with Gasteiger partial charge in [0.2, 0.25) is 0 Å². The van der Waals surface area contributed by atoms with E-state index in [-0.39, 0.29) is 0 Å². The van der Waals surface area contributed by atoms with Gasteiger partial charge in [-0.3, -0.25) is 0 Å². The van der Waals surface area contributed by atoms with Crippen LogP contribution in [0.1, 0.15) is 54.4 Å². The molecule has 1 aliphatic rings. The number of hydrogen-bond acceptors (Lipinski definition) is 1. The monoisotopic (exact) mass is 347 g/mol. The summed E-state index contributed by atoms with van der Waals surface area (Å²) >= 11 is -2.10. The molecule has 1 aliphatic heterocycles. The summed E-state index contributed by atoms with van der Waals surface area (Å²) in [5, 5.41) is 0. The van der Waals surface area contributed by atoms with E-state index < -0.39 is 18.4 Å². The van der Waals surface area contributed by atoms with E-state index in [4.69, 9.17) is 0 Å². The van der Waals surface area contributed by atoms with Gasteiger partial charge in [-0.05, 0) is 0 Å². The molecule has 0 amide bonds. The van der Waals surface area contributed by atoms with Crippen molar-refractivity contribution in [2.75, 3.05) is 20.1 Å². The summed E-state index contributed by atoms with van der Waals surface area (Å²) in [5.74, 6) is 0. The zero-order chi connectivity index (χ0) is 13.3. The molecule has 1 rings (SSSR count). The van der Waals surface area contributed by atoms with Gasteiger partial charge in [-0.25, -0.2) is 0 Å². The predicted molar refractivity (Wildman–Crippen MR) is 81.5 cm³/mol. The van der Waals surface area contributed by atoms with Crippen molar-refractivity contribution in [2.45, 2.75) is 70.1 Å². The quantitative estimate of drug-likeness (QED) is 0.572. The average Bonchev–Trinajstić information content (AvgIpc) is 2.06. The first-order valence-electron chi connectivity index (χ1n) is 7.29. The van der Waals surface area contributed by atoms with Gasteiger partial charge in [0.15, 0.2) is 0 Å². The van der Waals surface area contributed by atoms with Crippen LogP contribution in [0.25, 0.3) is 0 Å². The van der Waals surface area contributed by atoms with Crippen LogP contribution in [0.4, 0.5) is 0 Å². The molecule has 0 atom stereocenters. The molecule has 0 aromatic heterocycles. The fraction of sp³-hybridized carbons (Fsp3) is 1.00. The second-order valence-corrected chi connectivity index (χ2v) is 25.7. The summed E-state index contributed by atoms with van der Waals surface area (Å²) < 4.78 is 4.41. The van der Waals surface area contributed by atoms with Crippen LogP contribution in [0.2, 0.25) is 15.7 Å². The van der Waals surface area contributed by atoms with Crippen LogP contribution in [0.15, 0.2) is 0 Å². The molecular weight excluding hydrogens is 313 g/mol. The minimum atomic E-state index is -2.10. The summed E-state index contributed by atoms with van der Waals surface area (Å²) in [6, 6.07) is 0. The van der Waals surface area contributed by atoms with Gasteiger partial charge in [-0.15, -0.1) is 0 Å². The molecule has 0 bridgehead atoms. The van der Waals surface area contributed by atoms with Gasteiger partial charge in [0.25, 0.3) is 0 Å². The van der Waals surface area contributed by atoms with Gasteiger partial charge in [-0.1, -0.05) is 0 Å². The first kappa shape index (κ1) is 15.8. The molecule has 0 saturated carbocycles. The number of rotatable bonds is 0. The van der Waals surface area contributed by atoms with E-state index in [1.807, 2.05) is 0 Å². The van der Waals surface area contributed by atoms with Crippen LogP contribution >= 0.6 is 0 Å². The molecule has 2 heteroatoms. The average molecular weight is 346 g/mol. The second-order valence-electron chi connectivity index (χ2n) is 8.09. The maximum absolute atomic E-state index is 2.54. The van der Waals surface area contributed by atoms with Gasteiger partial charge in [-0.2, -0.15) is 0 Å². The van der Waals surface area contributed by atoms with Crippen molar-refractivity contribution in [1.29, 1.82) is 0 Å². The Labute approximate surface area is 113 Å². The molecule has 0 spiro atoms. The minimum absolute atomic E-state index is 0.614. The fourth-order valence-electron chi connectivity index (χ4n) is 4.16. The van der Waals surface area contributed by atoms with Crippen LogP contribution in [0, 0.1) is 0 Å². The van der Waals surface area contributed by atoms with Crippen LogP contribution in [-0.2, 0) is 0 Å². The Bertz CT molecular complexity index is 221. The van der Waals surface area contributed by atoms with Crippen molar-refractivity contribution in [3.63, 3.8) is 0 Å². The third-order valence-corrected chi connectivity index (χ3v) is 28.4. The summed E-state index contributed by atoms with van der Waals surface area (Å²) in [7, 11) is 2.29. The van der Waals surface area contributed by atoms with Crippen LogP contribution in [0.3, 0.4) is 0 Å². The van der Waals surface area contributed by atoms with Gasteiger partial charge in [0, 0.05) is 0 Å². The van der Waals surface area contributed by atoms with E-state index in [0.717, 1.165) is 0 Å². The maximum atomic E-state index is 2.54. The zero-order valence-electron chi connectivity index (χ0n) is 13.2. The Kier molecular flexibility index (Phi) is 5.02. The Morgan fingerprint density at radius 2 is 1.12 bits per heavy atom. The van der Waals surface area contributed by atoms with Gasteiger partial charge in [0.05, 0.1) is 0 Å². The molecule has 102 valence electrons. The zero-order valence-corrected chi connectivity index (χ0v) is 16.0. The summed E-state index contributed by atoms with van der Waals surface area (Å²) in [4.78, 5) is 2.53. The molecule has 1 fully saturated rings. The molecule has 0 radical (unpaired) electrons. The Balaban J connectivity index is 2.98. The molecule has 0 aromatic rings. The van der Waals surface area contributed by atoms with E-state index in [9.17, 15) is 0 Å². The van der Waals surface area contributed by atoms with Crippen molar-refractivity contribution in [2.24, 2.45) is 0 Å². The van der Waals surface area contributed by atoms with Gasteiger partial charge < -0.3 is 0 Å². The van der Waals surface area contributed by atoms with Gasteiger partial charge in [0.1, 0.15) is 0 Å². The van der Waals surface area contributed by atoms with E-state index >= 15 is 0 Å². The molecule has 0 aliphatic carbocycles. The van der Waals surface area contributed by atoms with Crippen molar-refractivity contribution < 1.29 is 0 Å². The normalized spacial score (nSPS) is 24.2. The first-order chi connectivity index (χ1) is 7.60. The van der Waals surface area contributed by atoms with Crippen molar-refractivity contribution in [3.05, 3.63) is 0 Å². The van der Waals surface area contributed by atoms with Crippen molar-refractivity contribution in [3.8, 4) is 0 Å². The Morgan fingerprint density at radius 1 is 0.765 bits per heavy atom. The van der Waals surface area contributed by atoms with Crippen LogP contribution < -0.4 is 0 Å². The number of hydrogen-bond donors (Lipinski definition) is 0. The molecular formula is C15H33NSn. The van der Waals surface area contributed by atoms with E-state index in [1.54, 1.807) is 8.87 Å². The van der Waals surface area contributed by atoms with Gasteiger partial charge >= 0.3 is 114 Å². The third kappa shape index (κ3) is 3.40. The summed E-state index contributed by atoms with van der Waals surface area (Å²) in [6.45, 7) is 17.9. The number of nitrogens with zero attached hydrogens (tertiary/aromatic N) is 1. The van der Waals surface area contributed by atoms with E-state index in [2.05, 4.69) is 53.5 Å². The Hall–Kier alpha value is 0.759. The standard InChI is InChI=1S/C7H15N.2C4H9.Sn/c1-4-6-8(3)7-5-2;2*1-4(2)3;/h1-2,4-7H2,3H3;2*1-3H3;.